The second kappa shape index (κ2) is 5.49. The molecule has 0 saturated heterocycles. The first-order valence-electron chi connectivity index (χ1n) is 6.80. The molecule has 1 heterocycles. The number of pyridine rings is 1. The van der Waals surface area contributed by atoms with E-state index in [1.807, 2.05) is 12.1 Å². The van der Waals surface area contributed by atoms with Crippen LogP contribution in [0.1, 0.15) is 33.3 Å². The lowest BCUT2D eigenvalue weighted by atomic mass is 9.86. The molecule has 0 saturated carbocycles. The summed E-state index contributed by atoms with van der Waals surface area (Å²) < 4.78 is 5.39. The lowest BCUT2D eigenvalue weighted by molar-refractivity contribution is 0.419. The molecule has 108 valence electrons. The minimum absolute atomic E-state index is 0.00883. The molecule has 4 heteroatoms. The van der Waals surface area contributed by atoms with Crippen LogP contribution >= 0.6 is 11.6 Å². The van der Waals surface area contributed by atoms with E-state index in [1.54, 1.807) is 7.11 Å². The predicted octanol–water partition coefficient (Wildman–Crippen LogP) is 4.63. The topological polar surface area (TPSA) is 34.2 Å². The summed E-state index contributed by atoms with van der Waals surface area (Å²) in [4.78, 5) is 4.74. The molecule has 1 aromatic heterocycles. The van der Waals surface area contributed by atoms with Crippen molar-refractivity contribution >= 4 is 28.3 Å². The van der Waals surface area contributed by atoms with Crippen molar-refractivity contribution in [3.05, 3.63) is 28.8 Å². The van der Waals surface area contributed by atoms with Gasteiger partial charge in [0.05, 0.1) is 12.1 Å². The molecule has 0 radical (unpaired) electrons. The number of nitrogens with zero attached hydrogens (tertiary/aromatic N) is 1. The fourth-order valence-corrected chi connectivity index (χ4v) is 2.45. The Morgan fingerprint density at radius 3 is 2.55 bits per heavy atom. The fraction of sp³-hybridized carbons (Fsp3) is 0.438. The number of nitrogens with one attached hydrogen (secondary N) is 1. The molecule has 0 fully saturated rings. The monoisotopic (exact) mass is 292 g/mol. The van der Waals surface area contributed by atoms with Gasteiger partial charge in [-0.1, -0.05) is 32.4 Å². The maximum absolute atomic E-state index is 6.32. The van der Waals surface area contributed by atoms with Crippen LogP contribution in [0.2, 0.25) is 5.02 Å². The Morgan fingerprint density at radius 1 is 1.30 bits per heavy atom. The molecule has 0 bridgehead atoms. The van der Waals surface area contributed by atoms with Crippen molar-refractivity contribution < 1.29 is 4.74 Å². The van der Waals surface area contributed by atoms with E-state index in [2.05, 4.69) is 39.1 Å². The summed E-state index contributed by atoms with van der Waals surface area (Å²) in [7, 11) is 1.65. The van der Waals surface area contributed by atoms with Gasteiger partial charge in [0, 0.05) is 17.5 Å². The zero-order valence-electron chi connectivity index (χ0n) is 12.7. The lowest BCUT2D eigenvalue weighted by Crippen LogP contribution is -2.16. The van der Waals surface area contributed by atoms with Gasteiger partial charge in [-0.3, -0.25) is 0 Å². The number of aromatic nitrogens is 1. The Labute approximate surface area is 125 Å². The number of hydrogen-bond acceptors (Lipinski definition) is 3. The van der Waals surface area contributed by atoms with Crippen molar-refractivity contribution in [2.45, 2.75) is 33.1 Å². The van der Waals surface area contributed by atoms with E-state index in [4.69, 9.17) is 21.3 Å². The van der Waals surface area contributed by atoms with Crippen LogP contribution in [-0.2, 0) is 5.41 Å². The summed E-state index contributed by atoms with van der Waals surface area (Å²) in [5, 5.41) is 4.96. The van der Waals surface area contributed by atoms with Crippen LogP contribution in [0.3, 0.4) is 0 Å². The lowest BCUT2D eigenvalue weighted by Gasteiger charge is -2.23. The third-order valence-electron chi connectivity index (χ3n) is 3.27. The van der Waals surface area contributed by atoms with Crippen LogP contribution in [-0.4, -0.2) is 18.6 Å². The molecule has 0 aliphatic heterocycles. The van der Waals surface area contributed by atoms with E-state index in [-0.39, 0.29) is 5.41 Å². The number of halogens is 1. The highest BCUT2D eigenvalue weighted by Crippen LogP contribution is 2.37. The number of ether oxygens (including phenoxy) is 1. The minimum atomic E-state index is -0.00883. The highest BCUT2D eigenvalue weighted by molar-refractivity contribution is 6.35. The number of methoxy groups -OCH3 is 1. The molecule has 2 rings (SSSR count). The molecule has 3 nitrogen and oxygen atoms in total. The second-order valence-corrected chi connectivity index (χ2v) is 6.22. The Hall–Kier alpha value is -1.48. The molecule has 0 atom stereocenters. The Balaban J connectivity index is 2.81. The molecule has 2 aromatic rings. The summed E-state index contributed by atoms with van der Waals surface area (Å²) in [6, 6.07) is 5.82. The first-order valence-corrected chi connectivity index (χ1v) is 7.18. The molecule has 0 unspecified atom stereocenters. The molecule has 0 spiro atoms. The van der Waals surface area contributed by atoms with Gasteiger partial charge in [-0.15, -0.1) is 0 Å². The van der Waals surface area contributed by atoms with Crippen LogP contribution in [0.5, 0.6) is 5.75 Å². The summed E-state index contributed by atoms with van der Waals surface area (Å²) in [6.07, 6.45) is 0. The average molecular weight is 293 g/mol. The summed E-state index contributed by atoms with van der Waals surface area (Å²) in [6.45, 7) is 9.40. The standard InChI is InChI=1S/C16H21ClN2O/c1-6-18-15-11(16(2,3)4)9-10-12(17)7-8-13(20-5)14(10)19-15/h7-9H,6H2,1-5H3,(H,18,19). The van der Waals surface area contributed by atoms with Crippen molar-refractivity contribution in [3.8, 4) is 5.75 Å². The van der Waals surface area contributed by atoms with Crippen LogP contribution in [0, 0.1) is 0 Å². The Bertz CT molecular complexity index is 632. The molecule has 1 aromatic carbocycles. The molecular formula is C16H21ClN2O. The van der Waals surface area contributed by atoms with Crippen molar-refractivity contribution in [1.82, 2.24) is 4.98 Å². The van der Waals surface area contributed by atoms with Gasteiger partial charge in [0.15, 0.2) is 0 Å². The van der Waals surface area contributed by atoms with Crippen LogP contribution in [0.4, 0.5) is 5.82 Å². The van der Waals surface area contributed by atoms with Gasteiger partial charge >= 0.3 is 0 Å². The maximum atomic E-state index is 6.32. The summed E-state index contributed by atoms with van der Waals surface area (Å²) in [5.41, 5.74) is 1.94. The van der Waals surface area contributed by atoms with Crippen molar-refractivity contribution in [2.75, 3.05) is 19.0 Å². The number of hydrogen-bond donors (Lipinski definition) is 1. The highest BCUT2D eigenvalue weighted by atomic mass is 35.5. The van der Waals surface area contributed by atoms with Crippen LogP contribution < -0.4 is 10.1 Å². The van der Waals surface area contributed by atoms with Crippen molar-refractivity contribution in [2.24, 2.45) is 0 Å². The molecule has 0 aliphatic rings. The van der Waals surface area contributed by atoms with E-state index < -0.39 is 0 Å². The first-order chi connectivity index (χ1) is 9.38. The number of fused-ring (bicyclic) bond motifs is 1. The van der Waals surface area contributed by atoms with Gasteiger partial charge in [-0.25, -0.2) is 4.98 Å². The first kappa shape index (κ1) is 14.9. The minimum Gasteiger partial charge on any atom is -0.494 e. The zero-order valence-corrected chi connectivity index (χ0v) is 13.4. The maximum Gasteiger partial charge on any atom is 0.145 e. The largest absolute Gasteiger partial charge is 0.494 e. The Morgan fingerprint density at radius 2 is 2.00 bits per heavy atom. The van der Waals surface area contributed by atoms with E-state index >= 15 is 0 Å². The van der Waals surface area contributed by atoms with Gasteiger partial charge in [-0.05, 0) is 30.5 Å². The molecule has 1 N–H and O–H groups in total. The third-order valence-corrected chi connectivity index (χ3v) is 3.60. The molecule has 0 amide bonds. The zero-order chi connectivity index (χ0) is 14.9. The smallest absolute Gasteiger partial charge is 0.145 e. The van der Waals surface area contributed by atoms with Crippen molar-refractivity contribution in [3.63, 3.8) is 0 Å². The van der Waals surface area contributed by atoms with Gasteiger partial charge in [0.2, 0.25) is 0 Å². The Kier molecular flexibility index (Phi) is 4.09. The fourth-order valence-electron chi connectivity index (χ4n) is 2.24. The molecule has 0 aliphatic carbocycles. The SMILES string of the molecule is CCNc1nc2c(OC)ccc(Cl)c2cc1C(C)(C)C. The third kappa shape index (κ3) is 2.68. The molecule has 20 heavy (non-hydrogen) atoms. The van der Waals surface area contributed by atoms with Crippen LogP contribution in [0.15, 0.2) is 18.2 Å². The van der Waals surface area contributed by atoms with Gasteiger partial charge in [0.25, 0.3) is 0 Å². The van der Waals surface area contributed by atoms with Gasteiger partial charge in [0.1, 0.15) is 17.1 Å². The second-order valence-electron chi connectivity index (χ2n) is 5.81. The van der Waals surface area contributed by atoms with Crippen LogP contribution in [0.25, 0.3) is 10.9 Å². The number of rotatable bonds is 3. The summed E-state index contributed by atoms with van der Waals surface area (Å²) >= 11 is 6.32. The normalized spacial score (nSPS) is 11.7. The van der Waals surface area contributed by atoms with Crippen molar-refractivity contribution in [1.29, 1.82) is 0 Å². The predicted molar refractivity (Wildman–Crippen MR) is 86.2 cm³/mol. The van der Waals surface area contributed by atoms with E-state index in [0.717, 1.165) is 34.6 Å². The highest BCUT2D eigenvalue weighted by Gasteiger charge is 2.21. The average Bonchev–Trinajstić information content (AvgIpc) is 2.38. The van der Waals surface area contributed by atoms with E-state index in [0.29, 0.717) is 5.02 Å². The number of anilines is 1. The van der Waals surface area contributed by atoms with E-state index in [9.17, 15) is 0 Å². The van der Waals surface area contributed by atoms with E-state index in [1.165, 1.54) is 0 Å². The van der Waals surface area contributed by atoms with Gasteiger partial charge in [-0.2, -0.15) is 0 Å². The number of benzene rings is 1. The molecular weight excluding hydrogens is 272 g/mol. The quantitative estimate of drug-likeness (QED) is 0.896. The van der Waals surface area contributed by atoms with Gasteiger partial charge < -0.3 is 10.1 Å². The summed E-state index contributed by atoms with van der Waals surface area (Å²) in [5.74, 6) is 1.64.